The minimum Gasteiger partial charge on any atom is -0.339 e. The number of allylic oxidation sites excluding steroid dienone is 2. The molecule has 3 aliphatic rings. The lowest BCUT2D eigenvalue weighted by Crippen LogP contribution is -2.64. The minimum absolute atomic E-state index is 0.263. The predicted octanol–water partition coefficient (Wildman–Crippen LogP) is 0.459. The second-order valence-electron chi connectivity index (χ2n) is 5.66. The van der Waals surface area contributed by atoms with Gasteiger partial charge in [-0.2, -0.15) is 0 Å². The number of likely N-dealkylation sites (tertiary alicyclic amines) is 1. The SMILES string of the molecule is O=C(C1CC=CCC1)N1CC(N2CCNCC2)C1. The maximum absolute atomic E-state index is 12.3. The highest BCUT2D eigenvalue weighted by molar-refractivity contribution is 5.80. The average molecular weight is 249 g/mol. The van der Waals surface area contributed by atoms with Crippen molar-refractivity contribution in [3.63, 3.8) is 0 Å². The third-order valence-corrected chi connectivity index (χ3v) is 4.46. The number of piperazine rings is 1. The summed E-state index contributed by atoms with van der Waals surface area (Å²) in [6, 6.07) is 0.621. The van der Waals surface area contributed by atoms with Crippen LogP contribution in [0, 0.1) is 5.92 Å². The summed E-state index contributed by atoms with van der Waals surface area (Å²) in [7, 11) is 0. The van der Waals surface area contributed by atoms with Crippen LogP contribution in [0.15, 0.2) is 12.2 Å². The monoisotopic (exact) mass is 249 g/mol. The summed E-state index contributed by atoms with van der Waals surface area (Å²) < 4.78 is 0. The molecule has 1 aliphatic carbocycles. The van der Waals surface area contributed by atoms with E-state index in [2.05, 4.69) is 27.3 Å². The molecular weight excluding hydrogens is 226 g/mol. The number of rotatable bonds is 2. The van der Waals surface area contributed by atoms with E-state index >= 15 is 0 Å². The maximum atomic E-state index is 12.3. The smallest absolute Gasteiger partial charge is 0.226 e. The Balaban J connectivity index is 1.46. The van der Waals surface area contributed by atoms with Crippen LogP contribution in [0.1, 0.15) is 19.3 Å². The largest absolute Gasteiger partial charge is 0.339 e. The van der Waals surface area contributed by atoms with Crippen LogP contribution in [0.25, 0.3) is 0 Å². The Morgan fingerprint density at radius 2 is 1.94 bits per heavy atom. The van der Waals surface area contributed by atoms with Gasteiger partial charge in [-0.05, 0) is 19.3 Å². The molecule has 2 fully saturated rings. The van der Waals surface area contributed by atoms with Crippen LogP contribution in [0.4, 0.5) is 0 Å². The highest BCUT2D eigenvalue weighted by Crippen LogP contribution is 2.24. The van der Waals surface area contributed by atoms with Gasteiger partial charge in [0.05, 0.1) is 0 Å². The summed E-state index contributed by atoms with van der Waals surface area (Å²) in [4.78, 5) is 16.9. The summed E-state index contributed by atoms with van der Waals surface area (Å²) in [5.74, 6) is 0.657. The van der Waals surface area contributed by atoms with Gasteiger partial charge in [-0.1, -0.05) is 12.2 Å². The normalized spacial score (nSPS) is 30.2. The van der Waals surface area contributed by atoms with Crippen molar-refractivity contribution in [2.45, 2.75) is 25.3 Å². The molecule has 1 unspecified atom stereocenters. The van der Waals surface area contributed by atoms with Crippen molar-refractivity contribution in [2.24, 2.45) is 5.92 Å². The number of amides is 1. The number of hydrogen-bond donors (Lipinski definition) is 1. The number of hydrogen-bond acceptors (Lipinski definition) is 3. The zero-order valence-corrected chi connectivity index (χ0v) is 11.0. The van der Waals surface area contributed by atoms with E-state index in [-0.39, 0.29) is 5.92 Å². The molecule has 0 aromatic carbocycles. The van der Waals surface area contributed by atoms with Crippen LogP contribution in [0.3, 0.4) is 0 Å². The fourth-order valence-electron chi connectivity index (χ4n) is 3.19. The average Bonchev–Trinajstić information content (AvgIpc) is 2.39. The molecule has 1 amide bonds. The second kappa shape index (κ2) is 5.41. The standard InChI is InChI=1S/C14H23N3O/c18-14(12-4-2-1-3-5-12)17-10-13(11-17)16-8-6-15-7-9-16/h1-2,12-13,15H,3-11H2. The Labute approximate surface area is 109 Å². The molecule has 3 rings (SSSR count). The van der Waals surface area contributed by atoms with Crippen molar-refractivity contribution < 1.29 is 4.79 Å². The van der Waals surface area contributed by atoms with E-state index in [0.29, 0.717) is 11.9 Å². The van der Waals surface area contributed by atoms with E-state index in [1.807, 2.05) is 0 Å². The van der Waals surface area contributed by atoms with Gasteiger partial charge < -0.3 is 10.2 Å². The van der Waals surface area contributed by atoms with E-state index in [1.54, 1.807) is 0 Å². The molecule has 0 aromatic rings. The fraction of sp³-hybridized carbons (Fsp3) is 0.786. The summed E-state index contributed by atoms with van der Waals surface area (Å²) in [5.41, 5.74) is 0. The van der Waals surface area contributed by atoms with Gasteiger partial charge in [0.1, 0.15) is 0 Å². The van der Waals surface area contributed by atoms with Gasteiger partial charge in [0.15, 0.2) is 0 Å². The zero-order chi connectivity index (χ0) is 12.4. The molecule has 4 heteroatoms. The van der Waals surface area contributed by atoms with Crippen molar-refractivity contribution in [2.75, 3.05) is 39.3 Å². The molecule has 4 nitrogen and oxygen atoms in total. The first kappa shape index (κ1) is 12.2. The molecule has 18 heavy (non-hydrogen) atoms. The molecule has 0 spiro atoms. The van der Waals surface area contributed by atoms with E-state index in [1.165, 1.54) is 0 Å². The second-order valence-corrected chi connectivity index (χ2v) is 5.66. The molecule has 100 valence electrons. The first-order valence-corrected chi connectivity index (χ1v) is 7.23. The van der Waals surface area contributed by atoms with E-state index < -0.39 is 0 Å². The van der Waals surface area contributed by atoms with E-state index in [0.717, 1.165) is 58.5 Å². The number of carbonyl (C=O) groups excluding carboxylic acids is 1. The summed E-state index contributed by atoms with van der Waals surface area (Å²) >= 11 is 0. The summed E-state index contributed by atoms with van der Waals surface area (Å²) in [6.07, 6.45) is 7.44. The van der Waals surface area contributed by atoms with E-state index in [4.69, 9.17) is 0 Å². The Morgan fingerprint density at radius 1 is 1.17 bits per heavy atom. The molecule has 0 aromatic heterocycles. The van der Waals surface area contributed by atoms with Crippen molar-refractivity contribution in [3.05, 3.63) is 12.2 Å². The topological polar surface area (TPSA) is 35.6 Å². The Hall–Kier alpha value is -0.870. The van der Waals surface area contributed by atoms with Crippen LogP contribution < -0.4 is 5.32 Å². The molecule has 0 bridgehead atoms. The molecule has 2 heterocycles. The lowest BCUT2D eigenvalue weighted by molar-refractivity contribution is -0.143. The van der Waals surface area contributed by atoms with Gasteiger partial charge in [-0.25, -0.2) is 0 Å². The Bertz CT molecular complexity index is 330. The molecule has 1 N–H and O–H groups in total. The van der Waals surface area contributed by atoms with Gasteiger partial charge in [0.25, 0.3) is 0 Å². The Kier molecular flexibility index (Phi) is 3.66. The molecule has 2 aliphatic heterocycles. The van der Waals surface area contributed by atoms with Crippen LogP contribution in [-0.4, -0.2) is 61.0 Å². The quantitative estimate of drug-likeness (QED) is 0.722. The number of nitrogens with zero attached hydrogens (tertiary/aromatic N) is 2. The van der Waals surface area contributed by atoms with Crippen molar-refractivity contribution >= 4 is 5.91 Å². The van der Waals surface area contributed by atoms with Crippen LogP contribution in [0.5, 0.6) is 0 Å². The zero-order valence-electron chi connectivity index (χ0n) is 11.0. The number of nitrogens with one attached hydrogen (secondary N) is 1. The fourth-order valence-corrected chi connectivity index (χ4v) is 3.19. The van der Waals surface area contributed by atoms with Crippen LogP contribution >= 0.6 is 0 Å². The van der Waals surface area contributed by atoms with Crippen molar-refractivity contribution in [3.8, 4) is 0 Å². The Morgan fingerprint density at radius 3 is 2.61 bits per heavy atom. The summed E-state index contributed by atoms with van der Waals surface area (Å²) in [5, 5.41) is 3.37. The maximum Gasteiger partial charge on any atom is 0.226 e. The minimum atomic E-state index is 0.263. The van der Waals surface area contributed by atoms with Gasteiger partial charge >= 0.3 is 0 Å². The first-order valence-electron chi connectivity index (χ1n) is 7.23. The third-order valence-electron chi connectivity index (χ3n) is 4.46. The number of carbonyl (C=O) groups is 1. The van der Waals surface area contributed by atoms with Gasteiger partial charge in [-0.15, -0.1) is 0 Å². The lowest BCUT2D eigenvalue weighted by atomic mass is 9.91. The molecular formula is C14H23N3O. The molecule has 2 saturated heterocycles. The first-order chi connectivity index (χ1) is 8.84. The molecule has 1 atom stereocenters. The molecule has 0 saturated carbocycles. The van der Waals surface area contributed by atoms with Gasteiger partial charge in [0.2, 0.25) is 5.91 Å². The van der Waals surface area contributed by atoms with Crippen molar-refractivity contribution in [1.82, 2.24) is 15.1 Å². The highest BCUT2D eigenvalue weighted by atomic mass is 16.2. The predicted molar refractivity (Wildman–Crippen MR) is 71.3 cm³/mol. The molecule has 0 radical (unpaired) electrons. The third kappa shape index (κ3) is 2.45. The van der Waals surface area contributed by atoms with Crippen molar-refractivity contribution in [1.29, 1.82) is 0 Å². The van der Waals surface area contributed by atoms with E-state index in [9.17, 15) is 4.79 Å². The summed E-state index contributed by atoms with van der Waals surface area (Å²) in [6.45, 7) is 6.38. The highest BCUT2D eigenvalue weighted by Gasteiger charge is 2.37. The van der Waals surface area contributed by atoms with Gasteiger partial charge in [-0.3, -0.25) is 9.69 Å². The lowest BCUT2D eigenvalue weighted by Gasteiger charge is -2.47. The van der Waals surface area contributed by atoms with Gasteiger partial charge in [0, 0.05) is 51.2 Å². The van der Waals surface area contributed by atoms with Crippen LogP contribution in [-0.2, 0) is 4.79 Å². The van der Waals surface area contributed by atoms with Crippen LogP contribution in [0.2, 0.25) is 0 Å².